The second-order valence-corrected chi connectivity index (χ2v) is 2.11. The van der Waals surface area contributed by atoms with Gasteiger partial charge in [0.15, 0.2) is 5.54 Å². The summed E-state index contributed by atoms with van der Waals surface area (Å²) in [5.41, 5.74) is 1.31. The van der Waals surface area contributed by atoms with Crippen LogP contribution < -0.4 is 10.8 Å². The molecule has 6 heteroatoms. The van der Waals surface area contributed by atoms with Crippen LogP contribution in [-0.2, 0) is 4.79 Å². The first-order valence-electron chi connectivity index (χ1n) is 2.82. The number of carboxylic acids is 1. The topological polar surface area (TPSA) is 66.2 Å². The van der Waals surface area contributed by atoms with Crippen molar-refractivity contribution in [2.45, 2.75) is 25.1 Å². The predicted molar refractivity (Wildman–Crippen MR) is 28.3 cm³/mol. The minimum atomic E-state index is -4.96. The molecule has 0 saturated heterocycles. The molecule has 0 fully saturated rings. The molecule has 0 aromatic rings. The number of halogens is 3. The zero-order valence-electron chi connectivity index (χ0n) is 5.73. The van der Waals surface area contributed by atoms with Gasteiger partial charge >= 0.3 is 6.18 Å². The molecular weight excluding hydrogens is 163 g/mol. The molecule has 0 radical (unpaired) electrons. The number of nitrogens with two attached hydrogens (primary N) is 1. The molecule has 0 saturated carbocycles. The van der Waals surface area contributed by atoms with Crippen molar-refractivity contribution in [2.24, 2.45) is 5.73 Å². The van der Waals surface area contributed by atoms with Crippen molar-refractivity contribution >= 4 is 5.97 Å². The summed E-state index contributed by atoms with van der Waals surface area (Å²) in [4.78, 5) is 9.94. The van der Waals surface area contributed by atoms with Gasteiger partial charge in [-0.2, -0.15) is 13.2 Å². The summed E-state index contributed by atoms with van der Waals surface area (Å²) in [5, 5.41) is 9.94. The lowest BCUT2D eigenvalue weighted by molar-refractivity contribution is -0.329. The highest BCUT2D eigenvalue weighted by Crippen LogP contribution is 2.30. The SMILES string of the molecule is CCC(N)(C(=O)[O-])C(F)(F)F. The summed E-state index contributed by atoms with van der Waals surface area (Å²) < 4.78 is 35.4. The molecule has 1 unspecified atom stereocenters. The van der Waals surface area contributed by atoms with Gasteiger partial charge in [-0.1, -0.05) is 6.92 Å². The van der Waals surface area contributed by atoms with Crippen LogP contribution in [0.1, 0.15) is 13.3 Å². The van der Waals surface area contributed by atoms with E-state index < -0.39 is 24.1 Å². The van der Waals surface area contributed by atoms with Gasteiger partial charge in [0, 0.05) is 0 Å². The van der Waals surface area contributed by atoms with Crippen molar-refractivity contribution < 1.29 is 23.1 Å². The van der Waals surface area contributed by atoms with Crippen LogP contribution in [0.25, 0.3) is 0 Å². The first kappa shape index (κ1) is 10.2. The Morgan fingerprint density at radius 1 is 1.55 bits per heavy atom. The van der Waals surface area contributed by atoms with Gasteiger partial charge in [0.1, 0.15) is 0 Å². The average molecular weight is 170 g/mol. The third-order valence-electron chi connectivity index (χ3n) is 1.43. The predicted octanol–water partition coefficient (Wildman–Crippen LogP) is -0.594. The molecule has 0 aliphatic heterocycles. The lowest BCUT2D eigenvalue weighted by atomic mass is 9.97. The molecule has 0 aromatic heterocycles. The molecule has 0 spiro atoms. The maximum atomic E-state index is 11.8. The smallest absolute Gasteiger partial charge is 0.411 e. The summed E-state index contributed by atoms with van der Waals surface area (Å²) >= 11 is 0. The van der Waals surface area contributed by atoms with E-state index in [2.05, 4.69) is 5.73 Å². The molecular formula is C5H7F3NO2-. The Labute approximate surface area is 61.0 Å². The number of aliphatic carboxylic acids is 1. The van der Waals surface area contributed by atoms with E-state index in [4.69, 9.17) is 0 Å². The zero-order chi connectivity index (χ0) is 9.28. The number of carbonyl (C=O) groups is 1. The molecule has 0 bridgehead atoms. The Kier molecular flexibility index (Phi) is 2.50. The summed E-state index contributed by atoms with van der Waals surface area (Å²) in [7, 11) is 0. The summed E-state index contributed by atoms with van der Waals surface area (Å²) in [6.45, 7) is 1.03. The Morgan fingerprint density at radius 3 is 1.91 bits per heavy atom. The van der Waals surface area contributed by atoms with Gasteiger partial charge < -0.3 is 15.6 Å². The van der Waals surface area contributed by atoms with Gasteiger partial charge in [0.25, 0.3) is 0 Å². The van der Waals surface area contributed by atoms with Gasteiger partial charge in [-0.25, -0.2) is 0 Å². The van der Waals surface area contributed by atoms with Crippen molar-refractivity contribution in [3.63, 3.8) is 0 Å². The summed E-state index contributed by atoms with van der Waals surface area (Å²) in [6, 6.07) is 0. The van der Waals surface area contributed by atoms with Crippen LogP contribution in [0.15, 0.2) is 0 Å². The van der Waals surface area contributed by atoms with Crippen molar-refractivity contribution in [1.82, 2.24) is 0 Å². The number of rotatable bonds is 2. The number of hydrogen-bond donors (Lipinski definition) is 1. The monoisotopic (exact) mass is 170 g/mol. The number of hydrogen-bond acceptors (Lipinski definition) is 3. The molecule has 3 nitrogen and oxygen atoms in total. The van der Waals surface area contributed by atoms with Crippen LogP contribution in [-0.4, -0.2) is 17.7 Å². The molecule has 2 N–H and O–H groups in total. The van der Waals surface area contributed by atoms with E-state index in [1.165, 1.54) is 0 Å². The van der Waals surface area contributed by atoms with E-state index in [9.17, 15) is 23.1 Å². The van der Waals surface area contributed by atoms with Gasteiger partial charge in [-0.3, -0.25) is 0 Å². The number of alkyl halides is 3. The van der Waals surface area contributed by atoms with Crippen LogP contribution in [0.2, 0.25) is 0 Å². The molecule has 1 atom stereocenters. The van der Waals surface area contributed by atoms with Crippen molar-refractivity contribution in [1.29, 1.82) is 0 Å². The fourth-order valence-corrected chi connectivity index (χ4v) is 0.461. The number of carbonyl (C=O) groups excluding carboxylic acids is 1. The van der Waals surface area contributed by atoms with E-state index in [0.717, 1.165) is 6.92 Å². The van der Waals surface area contributed by atoms with E-state index in [-0.39, 0.29) is 0 Å². The highest BCUT2D eigenvalue weighted by atomic mass is 19.4. The maximum Gasteiger partial charge on any atom is 0.411 e. The standard InChI is InChI=1S/C5H8F3NO2/c1-2-4(9,3(10)11)5(6,7)8/h2,9H2,1H3,(H,10,11)/p-1. The largest absolute Gasteiger partial charge is 0.548 e. The Balaban J connectivity index is 4.75. The third kappa shape index (κ3) is 1.62. The third-order valence-corrected chi connectivity index (χ3v) is 1.43. The van der Waals surface area contributed by atoms with Gasteiger partial charge in [0.05, 0.1) is 5.97 Å². The average Bonchev–Trinajstić information content (AvgIpc) is 1.83. The van der Waals surface area contributed by atoms with E-state index >= 15 is 0 Å². The highest BCUT2D eigenvalue weighted by molar-refractivity contribution is 5.77. The molecule has 0 rings (SSSR count). The maximum absolute atomic E-state index is 11.8. The van der Waals surface area contributed by atoms with E-state index in [1.54, 1.807) is 0 Å². The summed E-state index contributed by atoms with van der Waals surface area (Å²) in [6.07, 6.45) is -5.70. The minimum Gasteiger partial charge on any atom is -0.548 e. The fourth-order valence-electron chi connectivity index (χ4n) is 0.461. The van der Waals surface area contributed by atoms with E-state index in [1.807, 2.05) is 0 Å². The molecule has 11 heavy (non-hydrogen) atoms. The zero-order valence-corrected chi connectivity index (χ0v) is 5.73. The lowest BCUT2D eigenvalue weighted by Gasteiger charge is -2.31. The Hall–Kier alpha value is -0.780. The molecule has 0 aliphatic rings. The molecule has 0 aliphatic carbocycles. The molecule has 0 aromatic carbocycles. The Bertz CT molecular complexity index is 168. The van der Waals surface area contributed by atoms with Gasteiger partial charge in [-0.15, -0.1) is 0 Å². The van der Waals surface area contributed by atoms with Crippen LogP contribution in [0.4, 0.5) is 13.2 Å². The van der Waals surface area contributed by atoms with Crippen LogP contribution in [0.3, 0.4) is 0 Å². The molecule has 0 amide bonds. The van der Waals surface area contributed by atoms with Crippen molar-refractivity contribution in [3.05, 3.63) is 0 Å². The lowest BCUT2D eigenvalue weighted by Crippen LogP contribution is -2.64. The van der Waals surface area contributed by atoms with Crippen LogP contribution in [0, 0.1) is 0 Å². The first-order valence-corrected chi connectivity index (χ1v) is 2.82. The van der Waals surface area contributed by atoms with Gasteiger partial charge in [0.2, 0.25) is 0 Å². The minimum absolute atomic E-state index is 0.737. The Morgan fingerprint density at radius 2 is 1.91 bits per heavy atom. The first-order chi connectivity index (χ1) is 4.75. The van der Waals surface area contributed by atoms with Crippen molar-refractivity contribution in [2.75, 3.05) is 0 Å². The quantitative estimate of drug-likeness (QED) is 0.602. The molecule has 66 valence electrons. The number of carboxylic acid groups (broad SMARTS) is 1. The van der Waals surface area contributed by atoms with Crippen LogP contribution in [0.5, 0.6) is 0 Å². The summed E-state index contributed by atoms with van der Waals surface area (Å²) in [5.74, 6) is -2.30. The second-order valence-electron chi connectivity index (χ2n) is 2.11. The van der Waals surface area contributed by atoms with E-state index in [0.29, 0.717) is 0 Å². The molecule has 0 heterocycles. The normalized spacial score (nSPS) is 17.5. The van der Waals surface area contributed by atoms with Crippen LogP contribution >= 0.6 is 0 Å². The highest BCUT2D eigenvalue weighted by Gasteiger charge is 2.51. The van der Waals surface area contributed by atoms with Gasteiger partial charge in [-0.05, 0) is 6.42 Å². The fraction of sp³-hybridized carbons (Fsp3) is 0.800. The van der Waals surface area contributed by atoms with Crippen molar-refractivity contribution in [3.8, 4) is 0 Å². The second kappa shape index (κ2) is 2.69.